The standard InChI is InChI=1S/C14H16Cl2N4O2/c1-14(22,9-6-18-20(2)7-9)8-17-13(21)19-12-4-10(15)3-11(16)5-12/h3-7,22H,8H2,1-2H3,(H2,17,19,21). The SMILES string of the molecule is Cn1cc(C(C)(O)CNC(=O)Nc2cc(Cl)cc(Cl)c2)cn1. The van der Waals surface area contributed by atoms with Gasteiger partial charge in [0.1, 0.15) is 5.60 Å². The number of benzene rings is 1. The highest BCUT2D eigenvalue weighted by molar-refractivity contribution is 6.35. The molecule has 0 aliphatic rings. The molecule has 0 bridgehead atoms. The lowest BCUT2D eigenvalue weighted by Gasteiger charge is -2.22. The quantitative estimate of drug-likeness (QED) is 0.799. The number of carbonyl (C=O) groups is 1. The van der Waals surface area contributed by atoms with Crippen molar-refractivity contribution in [2.45, 2.75) is 12.5 Å². The maximum Gasteiger partial charge on any atom is 0.319 e. The molecule has 2 amide bonds. The van der Waals surface area contributed by atoms with Gasteiger partial charge in [-0.15, -0.1) is 0 Å². The number of amides is 2. The van der Waals surface area contributed by atoms with Crippen LogP contribution >= 0.6 is 23.2 Å². The molecule has 0 radical (unpaired) electrons. The first-order valence-corrected chi connectivity index (χ1v) is 7.24. The second-order valence-corrected chi connectivity index (χ2v) is 6.02. The molecular weight excluding hydrogens is 327 g/mol. The summed E-state index contributed by atoms with van der Waals surface area (Å²) in [5.41, 5.74) is -0.144. The first-order chi connectivity index (χ1) is 10.3. The van der Waals surface area contributed by atoms with Gasteiger partial charge >= 0.3 is 6.03 Å². The van der Waals surface area contributed by atoms with Crippen LogP contribution in [0.5, 0.6) is 0 Å². The molecule has 1 aromatic heterocycles. The molecule has 22 heavy (non-hydrogen) atoms. The summed E-state index contributed by atoms with van der Waals surface area (Å²) >= 11 is 11.7. The number of carbonyl (C=O) groups excluding carboxylic acids is 1. The predicted octanol–water partition coefficient (Wildman–Crippen LogP) is 2.76. The second kappa shape index (κ2) is 6.56. The number of anilines is 1. The molecule has 0 fully saturated rings. The van der Waals surface area contributed by atoms with Crippen molar-refractivity contribution < 1.29 is 9.90 Å². The Hall–Kier alpha value is -1.76. The van der Waals surface area contributed by atoms with E-state index in [9.17, 15) is 9.90 Å². The summed E-state index contributed by atoms with van der Waals surface area (Å²) in [6.07, 6.45) is 3.24. The van der Waals surface area contributed by atoms with Crippen molar-refractivity contribution >= 4 is 34.9 Å². The summed E-state index contributed by atoms with van der Waals surface area (Å²) in [7, 11) is 1.75. The van der Waals surface area contributed by atoms with E-state index in [0.717, 1.165) is 0 Å². The number of aromatic nitrogens is 2. The molecule has 1 aromatic carbocycles. The van der Waals surface area contributed by atoms with Crippen LogP contribution in [0.2, 0.25) is 10.0 Å². The summed E-state index contributed by atoms with van der Waals surface area (Å²) in [6, 6.07) is 4.25. The third kappa shape index (κ3) is 4.37. The van der Waals surface area contributed by atoms with Crippen LogP contribution in [0.4, 0.5) is 10.5 Å². The van der Waals surface area contributed by atoms with E-state index in [1.165, 1.54) is 0 Å². The summed E-state index contributed by atoms with van der Waals surface area (Å²) in [4.78, 5) is 11.9. The van der Waals surface area contributed by atoms with Crippen LogP contribution in [0.3, 0.4) is 0 Å². The Bertz CT molecular complexity index is 665. The highest BCUT2D eigenvalue weighted by Crippen LogP contribution is 2.22. The van der Waals surface area contributed by atoms with E-state index in [2.05, 4.69) is 15.7 Å². The minimum absolute atomic E-state index is 0.0266. The van der Waals surface area contributed by atoms with Gasteiger partial charge in [-0.1, -0.05) is 23.2 Å². The van der Waals surface area contributed by atoms with Gasteiger partial charge in [-0.25, -0.2) is 4.79 Å². The topological polar surface area (TPSA) is 79.2 Å². The Morgan fingerprint density at radius 1 is 1.36 bits per heavy atom. The molecule has 0 spiro atoms. The van der Waals surface area contributed by atoms with Crippen LogP contribution in [-0.4, -0.2) is 27.5 Å². The number of halogens is 2. The zero-order chi connectivity index (χ0) is 16.3. The number of urea groups is 1. The minimum atomic E-state index is -1.22. The second-order valence-electron chi connectivity index (χ2n) is 5.14. The van der Waals surface area contributed by atoms with E-state index in [4.69, 9.17) is 23.2 Å². The fourth-order valence-corrected chi connectivity index (χ4v) is 2.38. The zero-order valence-electron chi connectivity index (χ0n) is 12.1. The zero-order valence-corrected chi connectivity index (χ0v) is 13.6. The van der Waals surface area contributed by atoms with Gasteiger partial charge in [0.25, 0.3) is 0 Å². The lowest BCUT2D eigenvalue weighted by molar-refractivity contribution is 0.0599. The van der Waals surface area contributed by atoms with Crippen LogP contribution < -0.4 is 10.6 Å². The molecule has 1 unspecified atom stereocenters. The Morgan fingerprint density at radius 2 is 2.00 bits per heavy atom. The van der Waals surface area contributed by atoms with Gasteiger partial charge in [-0.2, -0.15) is 5.10 Å². The Kier molecular flexibility index (Phi) is 4.95. The molecule has 0 saturated carbocycles. The molecule has 0 saturated heterocycles. The third-order valence-electron chi connectivity index (χ3n) is 3.04. The molecule has 0 aliphatic carbocycles. The summed E-state index contributed by atoms with van der Waals surface area (Å²) in [5.74, 6) is 0. The van der Waals surface area contributed by atoms with Gasteiger partial charge in [0.2, 0.25) is 0 Å². The maximum atomic E-state index is 11.9. The molecule has 3 N–H and O–H groups in total. The monoisotopic (exact) mass is 342 g/mol. The average Bonchev–Trinajstić information content (AvgIpc) is 2.83. The fraction of sp³-hybridized carbons (Fsp3) is 0.286. The summed E-state index contributed by atoms with van der Waals surface area (Å²) in [5, 5.41) is 20.4. The molecular formula is C14H16Cl2N4O2. The first kappa shape index (κ1) is 16.6. The van der Waals surface area contributed by atoms with Crippen molar-refractivity contribution in [2.24, 2.45) is 7.05 Å². The van der Waals surface area contributed by atoms with Gasteiger partial charge in [-0.05, 0) is 25.1 Å². The smallest absolute Gasteiger partial charge is 0.319 e. The summed E-state index contributed by atoms with van der Waals surface area (Å²) in [6.45, 7) is 1.62. The Balaban J connectivity index is 1.95. The minimum Gasteiger partial charge on any atom is -0.383 e. The third-order valence-corrected chi connectivity index (χ3v) is 3.48. The Labute approximate surface area is 138 Å². The normalized spacial score (nSPS) is 13.5. The molecule has 118 valence electrons. The lowest BCUT2D eigenvalue weighted by Crippen LogP contribution is -2.40. The maximum absolute atomic E-state index is 11.9. The highest BCUT2D eigenvalue weighted by Gasteiger charge is 2.25. The van der Waals surface area contributed by atoms with Crippen molar-refractivity contribution in [3.8, 4) is 0 Å². The number of nitrogens with one attached hydrogen (secondary N) is 2. The number of aliphatic hydroxyl groups is 1. The van der Waals surface area contributed by atoms with Crippen molar-refractivity contribution in [1.82, 2.24) is 15.1 Å². The van der Waals surface area contributed by atoms with E-state index in [1.54, 1.807) is 49.2 Å². The molecule has 2 rings (SSSR count). The number of hydrogen-bond donors (Lipinski definition) is 3. The number of hydrogen-bond acceptors (Lipinski definition) is 3. The van der Waals surface area contributed by atoms with Crippen LogP contribution in [0, 0.1) is 0 Å². The largest absolute Gasteiger partial charge is 0.383 e. The van der Waals surface area contributed by atoms with Gasteiger partial charge in [0.15, 0.2) is 0 Å². The van der Waals surface area contributed by atoms with Crippen LogP contribution in [-0.2, 0) is 12.6 Å². The van der Waals surface area contributed by atoms with Crippen molar-refractivity contribution in [3.63, 3.8) is 0 Å². The summed E-state index contributed by atoms with van der Waals surface area (Å²) < 4.78 is 1.58. The predicted molar refractivity (Wildman–Crippen MR) is 86.3 cm³/mol. The number of aryl methyl sites for hydroxylation is 1. The van der Waals surface area contributed by atoms with Gasteiger partial charge in [-0.3, -0.25) is 4.68 Å². The van der Waals surface area contributed by atoms with Crippen LogP contribution in [0.1, 0.15) is 12.5 Å². The van der Waals surface area contributed by atoms with Crippen molar-refractivity contribution in [1.29, 1.82) is 0 Å². The van der Waals surface area contributed by atoms with Crippen LogP contribution in [0.25, 0.3) is 0 Å². The van der Waals surface area contributed by atoms with E-state index in [0.29, 0.717) is 21.3 Å². The van der Waals surface area contributed by atoms with Crippen molar-refractivity contribution in [2.75, 3.05) is 11.9 Å². The molecule has 1 atom stereocenters. The Morgan fingerprint density at radius 3 is 2.55 bits per heavy atom. The van der Waals surface area contributed by atoms with E-state index in [-0.39, 0.29) is 6.54 Å². The fourth-order valence-electron chi connectivity index (χ4n) is 1.86. The van der Waals surface area contributed by atoms with E-state index >= 15 is 0 Å². The van der Waals surface area contributed by atoms with E-state index < -0.39 is 11.6 Å². The molecule has 2 aromatic rings. The van der Waals surface area contributed by atoms with E-state index in [1.807, 2.05) is 0 Å². The lowest BCUT2D eigenvalue weighted by atomic mass is 10.00. The number of nitrogens with zero attached hydrogens (tertiary/aromatic N) is 2. The van der Waals surface area contributed by atoms with Gasteiger partial charge in [0, 0.05) is 34.5 Å². The first-order valence-electron chi connectivity index (χ1n) is 6.49. The molecule has 6 nitrogen and oxygen atoms in total. The van der Waals surface area contributed by atoms with Crippen LogP contribution in [0.15, 0.2) is 30.6 Å². The molecule has 8 heteroatoms. The van der Waals surface area contributed by atoms with Gasteiger partial charge < -0.3 is 15.7 Å². The molecule has 0 aliphatic heterocycles. The average molecular weight is 343 g/mol. The molecule has 1 heterocycles. The highest BCUT2D eigenvalue weighted by atomic mass is 35.5. The van der Waals surface area contributed by atoms with Crippen molar-refractivity contribution in [3.05, 3.63) is 46.2 Å². The number of rotatable bonds is 4. The van der Waals surface area contributed by atoms with Gasteiger partial charge in [0.05, 0.1) is 12.7 Å².